The highest BCUT2D eigenvalue weighted by Crippen LogP contribution is 2.06. The fourth-order valence-corrected chi connectivity index (χ4v) is 1.10. The van der Waals surface area contributed by atoms with Crippen molar-refractivity contribution in [3.05, 3.63) is 29.6 Å². The minimum atomic E-state index is -0.335. The first-order chi connectivity index (χ1) is 5.61. The third-order valence-corrected chi connectivity index (χ3v) is 1.96. The highest BCUT2D eigenvalue weighted by molar-refractivity contribution is 9.18. The van der Waals surface area contributed by atoms with Crippen LogP contribution in [-0.4, -0.2) is 14.4 Å². The van der Waals surface area contributed by atoms with Gasteiger partial charge in [-0.1, -0.05) is 6.07 Å². The van der Waals surface area contributed by atoms with Crippen molar-refractivity contribution in [1.82, 2.24) is 4.98 Å². The number of rotatable bonds is 2. The van der Waals surface area contributed by atoms with E-state index in [1.54, 1.807) is 6.07 Å². The van der Waals surface area contributed by atoms with E-state index in [1.807, 2.05) is 0 Å². The average molecular weight is 293 g/mol. The van der Waals surface area contributed by atoms with Crippen LogP contribution in [0.3, 0.4) is 0 Å². The van der Waals surface area contributed by atoms with Gasteiger partial charge >= 0.3 is 0 Å². The number of hydrogen-bond acceptors (Lipinski definition) is 3. The van der Waals surface area contributed by atoms with Gasteiger partial charge in [0.1, 0.15) is 11.4 Å². The number of hydrogen-bond donors (Lipinski definition) is 0. The zero-order chi connectivity index (χ0) is 9.14. The Kier molecular flexibility index (Phi) is 3.11. The van der Waals surface area contributed by atoms with Gasteiger partial charge in [-0.3, -0.25) is 9.59 Å². The summed E-state index contributed by atoms with van der Waals surface area (Å²) in [4.78, 5) is 25.3. The lowest BCUT2D eigenvalue weighted by atomic mass is 10.3. The van der Waals surface area contributed by atoms with Crippen molar-refractivity contribution in [3.63, 3.8) is 0 Å². The second kappa shape index (κ2) is 3.91. The standard InChI is InChI=1S/C7H3Br2NO2/c8-6(11)4-2-1-3-5(10-4)7(9)12/h1-3H. The Morgan fingerprint density at radius 3 is 1.83 bits per heavy atom. The minimum absolute atomic E-state index is 0.223. The van der Waals surface area contributed by atoms with Gasteiger partial charge in [0, 0.05) is 0 Å². The first-order valence-corrected chi connectivity index (χ1v) is 4.56. The molecule has 1 rings (SSSR count). The summed E-state index contributed by atoms with van der Waals surface area (Å²) in [6.07, 6.45) is 0. The predicted molar refractivity (Wildman–Crippen MR) is 50.8 cm³/mol. The van der Waals surface area contributed by atoms with Gasteiger partial charge in [0.2, 0.25) is 9.39 Å². The molecule has 3 nitrogen and oxygen atoms in total. The summed E-state index contributed by atoms with van der Waals surface area (Å²) in [6, 6.07) is 4.64. The Labute approximate surface area is 85.4 Å². The highest BCUT2D eigenvalue weighted by atomic mass is 79.9. The molecule has 0 aliphatic rings. The molecule has 0 spiro atoms. The van der Waals surface area contributed by atoms with E-state index in [4.69, 9.17) is 0 Å². The number of carbonyl (C=O) groups excluding carboxylic acids is 2. The van der Waals surface area contributed by atoms with Crippen LogP contribution in [0.1, 0.15) is 21.0 Å². The van der Waals surface area contributed by atoms with Crippen molar-refractivity contribution in [3.8, 4) is 0 Å². The maximum absolute atomic E-state index is 10.7. The number of nitrogens with zero attached hydrogens (tertiary/aromatic N) is 1. The number of carbonyl (C=O) groups is 2. The summed E-state index contributed by atoms with van der Waals surface area (Å²) in [7, 11) is 0. The molecule has 0 aliphatic heterocycles. The molecule has 0 saturated heterocycles. The third kappa shape index (κ3) is 2.22. The molecule has 12 heavy (non-hydrogen) atoms. The molecule has 0 radical (unpaired) electrons. The first-order valence-electron chi connectivity index (χ1n) is 2.98. The van der Waals surface area contributed by atoms with E-state index < -0.39 is 0 Å². The monoisotopic (exact) mass is 291 g/mol. The van der Waals surface area contributed by atoms with Crippen LogP contribution in [-0.2, 0) is 0 Å². The Balaban J connectivity index is 3.12. The van der Waals surface area contributed by atoms with E-state index in [0.29, 0.717) is 0 Å². The lowest BCUT2D eigenvalue weighted by Gasteiger charge is -1.94. The molecule has 0 amide bonds. The Hall–Kier alpha value is -0.550. The minimum Gasteiger partial charge on any atom is -0.279 e. The molecule has 1 aromatic heterocycles. The molecule has 0 fully saturated rings. The fraction of sp³-hybridized carbons (Fsp3) is 0. The Bertz CT molecular complexity index is 309. The van der Waals surface area contributed by atoms with Crippen molar-refractivity contribution < 1.29 is 9.59 Å². The largest absolute Gasteiger partial charge is 0.279 e. The summed E-state index contributed by atoms with van der Waals surface area (Å²) in [5.41, 5.74) is 0.445. The molecule has 0 bridgehead atoms. The van der Waals surface area contributed by atoms with Crippen molar-refractivity contribution in [2.24, 2.45) is 0 Å². The lowest BCUT2D eigenvalue weighted by molar-refractivity contribution is 0.108. The molecule has 0 aliphatic carbocycles. The molecule has 0 atom stereocenters. The molecule has 1 aromatic rings. The molecule has 5 heteroatoms. The van der Waals surface area contributed by atoms with E-state index in [1.165, 1.54) is 12.1 Å². The van der Waals surface area contributed by atoms with Gasteiger partial charge in [-0.05, 0) is 44.0 Å². The summed E-state index contributed by atoms with van der Waals surface area (Å²) >= 11 is 5.48. The van der Waals surface area contributed by atoms with Gasteiger partial charge in [0.15, 0.2) is 0 Å². The second-order valence-corrected chi connectivity index (χ2v) is 3.40. The number of pyridine rings is 1. The summed E-state index contributed by atoms with van der Waals surface area (Å²) < 4.78 is -0.670. The van der Waals surface area contributed by atoms with E-state index in [9.17, 15) is 9.59 Å². The van der Waals surface area contributed by atoms with E-state index in [-0.39, 0.29) is 20.8 Å². The first kappa shape index (κ1) is 9.54. The van der Waals surface area contributed by atoms with Crippen molar-refractivity contribution >= 4 is 41.2 Å². The van der Waals surface area contributed by atoms with Crippen LogP contribution in [0, 0.1) is 0 Å². The topological polar surface area (TPSA) is 47.0 Å². The van der Waals surface area contributed by atoms with Gasteiger partial charge < -0.3 is 0 Å². The summed E-state index contributed by atoms with van der Waals surface area (Å²) in [5, 5.41) is 0. The van der Waals surface area contributed by atoms with Crippen LogP contribution in [0.15, 0.2) is 18.2 Å². The molecule has 0 N–H and O–H groups in total. The van der Waals surface area contributed by atoms with Crippen molar-refractivity contribution in [2.45, 2.75) is 0 Å². The summed E-state index contributed by atoms with van der Waals surface area (Å²) in [6.45, 7) is 0. The molecule has 1 heterocycles. The lowest BCUT2D eigenvalue weighted by Crippen LogP contribution is -1.99. The van der Waals surface area contributed by atoms with Gasteiger partial charge in [-0.15, -0.1) is 0 Å². The van der Waals surface area contributed by atoms with Crippen molar-refractivity contribution in [2.75, 3.05) is 0 Å². The SMILES string of the molecule is O=C(Br)c1cccc(C(=O)Br)n1. The van der Waals surface area contributed by atoms with Crippen LogP contribution >= 0.6 is 31.9 Å². The number of halogens is 2. The van der Waals surface area contributed by atoms with E-state index in [0.717, 1.165) is 0 Å². The maximum atomic E-state index is 10.7. The highest BCUT2D eigenvalue weighted by Gasteiger charge is 2.06. The predicted octanol–water partition coefficient (Wildman–Crippen LogP) is 2.15. The van der Waals surface area contributed by atoms with E-state index in [2.05, 4.69) is 36.8 Å². The van der Waals surface area contributed by atoms with Crippen LogP contribution in [0.25, 0.3) is 0 Å². The third-order valence-electron chi connectivity index (χ3n) is 1.15. The van der Waals surface area contributed by atoms with Gasteiger partial charge in [-0.2, -0.15) is 0 Å². The molecule has 0 unspecified atom stereocenters. The molecular weight excluding hydrogens is 290 g/mol. The van der Waals surface area contributed by atoms with E-state index >= 15 is 0 Å². The fourth-order valence-electron chi connectivity index (χ4n) is 0.654. The molecular formula is C7H3Br2NO2. The zero-order valence-electron chi connectivity index (χ0n) is 5.75. The van der Waals surface area contributed by atoms with Crippen LogP contribution in [0.5, 0.6) is 0 Å². The van der Waals surface area contributed by atoms with Gasteiger partial charge in [-0.25, -0.2) is 4.98 Å². The smallest absolute Gasteiger partial charge is 0.246 e. The van der Waals surface area contributed by atoms with Gasteiger partial charge in [0.05, 0.1) is 0 Å². The maximum Gasteiger partial charge on any atom is 0.246 e. The van der Waals surface area contributed by atoms with Crippen LogP contribution in [0.2, 0.25) is 0 Å². The Morgan fingerprint density at radius 2 is 1.50 bits per heavy atom. The average Bonchev–Trinajstić information content (AvgIpc) is 2.04. The zero-order valence-corrected chi connectivity index (χ0v) is 8.92. The van der Waals surface area contributed by atoms with Gasteiger partial charge in [0.25, 0.3) is 0 Å². The summed E-state index contributed by atoms with van der Waals surface area (Å²) in [5.74, 6) is 0. The number of aromatic nitrogens is 1. The molecule has 0 saturated carbocycles. The van der Waals surface area contributed by atoms with Crippen LogP contribution < -0.4 is 0 Å². The quantitative estimate of drug-likeness (QED) is 0.785. The molecule has 0 aromatic carbocycles. The second-order valence-electron chi connectivity index (χ2n) is 1.96. The Morgan fingerprint density at radius 1 is 1.08 bits per heavy atom. The van der Waals surface area contributed by atoms with Crippen LogP contribution in [0.4, 0.5) is 0 Å². The normalized spacial score (nSPS) is 9.50. The molecule has 62 valence electrons. The van der Waals surface area contributed by atoms with Crippen molar-refractivity contribution in [1.29, 1.82) is 0 Å².